The normalized spacial score (nSPS) is 11.9. The van der Waals surface area contributed by atoms with Crippen LogP contribution in [0.15, 0.2) is 180 Å². The third kappa shape index (κ3) is 5.22. The van der Waals surface area contributed by atoms with Crippen molar-refractivity contribution in [2.75, 3.05) is 0 Å². The number of benzene rings is 8. The number of aromatic nitrogens is 3. The Morgan fingerprint density at radius 3 is 1.77 bits per heavy atom. The van der Waals surface area contributed by atoms with Crippen molar-refractivity contribution in [3.8, 4) is 56.4 Å². The largest absolute Gasteiger partial charge is 0.455 e. The number of furan rings is 1. The summed E-state index contributed by atoms with van der Waals surface area (Å²) in [5.41, 5.74) is 9.27. The molecule has 12 rings (SSSR count). The van der Waals surface area contributed by atoms with Crippen molar-refractivity contribution in [3.63, 3.8) is 0 Å². The molecule has 4 heterocycles. The lowest BCUT2D eigenvalue weighted by molar-refractivity contribution is 0.670. The van der Waals surface area contributed by atoms with Gasteiger partial charge in [0, 0.05) is 73.4 Å². The Balaban J connectivity index is 1.07. The van der Waals surface area contributed by atoms with Crippen LogP contribution in [-0.2, 0) is 0 Å². The minimum absolute atomic E-state index is 0.653. The summed E-state index contributed by atoms with van der Waals surface area (Å²) in [7, 11) is 0. The molecule has 0 unspecified atom stereocenters. The Morgan fingerprint density at radius 2 is 0.965 bits per heavy atom. The van der Waals surface area contributed by atoms with Crippen molar-refractivity contribution in [2.24, 2.45) is 0 Å². The Bertz CT molecular complexity index is 3470. The lowest BCUT2D eigenvalue weighted by Gasteiger charge is -2.10. The van der Waals surface area contributed by atoms with Crippen molar-refractivity contribution in [3.05, 3.63) is 176 Å². The van der Waals surface area contributed by atoms with Crippen molar-refractivity contribution in [1.29, 1.82) is 0 Å². The number of hydrogen-bond acceptors (Lipinski definition) is 6. The zero-order chi connectivity index (χ0) is 37.5. The highest BCUT2D eigenvalue weighted by atomic mass is 32.1. The molecule has 0 fully saturated rings. The fourth-order valence-corrected chi connectivity index (χ4v) is 10.6. The van der Waals surface area contributed by atoms with Crippen LogP contribution in [0, 0.1) is 0 Å². The average molecular weight is 764 g/mol. The molecule has 0 spiro atoms. The molecular weight excluding hydrogens is 735 g/mol. The number of fused-ring (bicyclic) bond motifs is 9. The summed E-state index contributed by atoms with van der Waals surface area (Å²) in [4.78, 5) is 15.1. The molecule has 0 aliphatic rings. The molecule has 0 amide bonds. The van der Waals surface area contributed by atoms with Crippen LogP contribution in [0.3, 0.4) is 0 Å². The predicted octanol–water partition coefficient (Wildman–Crippen LogP) is 14.8. The Kier molecular flexibility index (Phi) is 7.24. The van der Waals surface area contributed by atoms with E-state index in [1.54, 1.807) is 11.3 Å². The highest BCUT2D eigenvalue weighted by Crippen LogP contribution is 2.46. The monoisotopic (exact) mass is 763 g/mol. The molecule has 0 N–H and O–H groups in total. The second-order valence-electron chi connectivity index (χ2n) is 14.3. The van der Waals surface area contributed by atoms with E-state index < -0.39 is 0 Å². The molecule has 0 aliphatic heterocycles. The first-order valence-corrected chi connectivity index (χ1v) is 20.6. The molecule has 12 aromatic rings. The third-order valence-corrected chi connectivity index (χ3v) is 13.3. The minimum atomic E-state index is 0.653. The Labute approximate surface area is 335 Å². The first kappa shape index (κ1) is 32.3. The molecule has 0 saturated heterocycles. The van der Waals surface area contributed by atoms with E-state index >= 15 is 0 Å². The van der Waals surface area contributed by atoms with E-state index in [9.17, 15) is 0 Å². The van der Waals surface area contributed by atoms with Gasteiger partial charge in [-0.2, -0.15) is 0 Å². The molecule has 6 heteroatoms. The summed E-state index contributed by atoms with van der Waals surface area (Å²) in [6.07, 6.45) is 0. The number of rotatable bonds is 5. The van der Waals surface area contributed by atoms with Gasteiger partial charge in [-0.25, -0.2) is 15.0 Å². The van der Waals surface area contributed by atoms with Gasteiger partial charge in [0.25, 0.3) is 0 Å². The smallest absolute Gasteiger partial charge is 0.165 e. The fraction of sp³-hybridized carbons (Fsp3) is 0. The molecule has 0 saturated carbocycles. The summed E-state index contributed by atoms with van der Waals surface area (Å²) in [6.45, 7) is 0. The van der Waals surface area contributed by atoms with Crippen LogP contribution < -0.4 is 0 Å². The minimum Gasteiger partial charge on any atom is -0.455 e. The molecule has 4 nitrogen and oxygen atoms in total. The second-order valence-corrected chi connectivity index (χ2v) is 16.4. The topological polar surface area (TPSA) is 51.8 Å². The first-order chi connectivity index (χ1) is 28.2. The maximum absolute atomic E-state index is 6.71. The van der Waals surface area contributed by atoms with E-state index in [1.165, 1.54) is 46.8 Å². The zero-order valence-electron chi connectivity index (χ0n) is 30.3. The summed E-state index contributed by atoms with van der Waals surface area (Å²) in [6, 6.07) is 62.0. The Hall–Kier alpha value is -6.99. The molecule has 0 aliphatic carbocycles. The van der Waals surface area contributed by atoms with E-state index in [-0.39, 0.29) is 0 Å². The quantitative estimate of drug-likeness (QED) is 0.175. The van der Waals surface area contributed by atoms with E-state index in [0.717, 1.165) is 54.5 Å². The van der Waals surface area contributed by atoms with E-state index in [4.69, 9.17) is 19.4 Å². The van der Waals surface area contributed by atoms with E-state index in [0.29, 0.717) is 17.5 Å². The molecule has 4 aromatic heterocycles. The standard InChI is InChI=1S/C51H29N3OS2/c1-3-13-30(14-4-1)49-52-50(31-15-5-2-6-16-31)54-51(53-49)38-21-11-20-36-40-27-32(25-26-44(40)57-48(36)38)39-28-33(29-41-35-17-7-9-22-42(35)55-47(39)41)34-19-12-24-45-46(34)37-18-8-10-23-43(37)56-45/h1-29H. The number of thiophene rings is 2. The highest BCUT2D eigenvalue weighted by Gasteiger charge is 2.20. The van der Waals surface area contributed by atoms with E-state index in [1.807, 2.05) is 78.1 Å². The zero-order valence-corrected chi connectivity index (χ0v) is 31.9. The SMILES string of the molecule is c1ccc(-c2nc(-c3ccccc3)nc(-c3cccc4c3sc3ccc(-c5cc(-c6cccc7sc8ccccc8c67)cc6c5oc5ccccc56)cc34)n2)cc1. The molecule has 8 aromatic carbocycles. The van der Waals surface area contributed by atoms with Crippen LogP contribution in [0.2, 0.25) is 0 Å². The van der Waals surface area contributed by atoms with Gasteiger partial charge in [-0.15, -0.1) is 22.7 Å². The number of para-hydroxylation sites is 1. The predicted molar refractivity (Wildman–Crippen MR) is 240 cm³/mol. The highest BCUT2D eigenvalue weighted by molar-refractivity contribution is 7.26. The van der Waals surface area contributed by atoms with Crippen LogP contribution in [0.25, 0.3) is 119 Å². The van der Waals surface area contributed by atoms with Gasteiger partial charge in [0.15, 0.2) is 17.5 Å². The van der Waals surface area contributed by atoms with Gasteiger partial charge in [-0.3, -0.25) is 0 Å². The lowest BCUT2D eigenvalue weighted by Crippen LogP contribution is -2.00. The van der Waals surface area contributed by atoms with Crippen molar-refractivity contribution in [1.82, 2.24) is 15.0 Å². The summed E-state index contributed by atoms with van der Waals surface area (Å²) in [5, 5.41) is 7.18. The molecular formula is C51H29N3OS2. The number of hydrogen-bond donors (Lipinski definition) is 0. The van der Waals surface area contributed by atoms with Crippen LogP contribution in [0.5, 0.6) is 0 Å². The van der Waals surface area contributed by atoms with Gasteiger partial charge >= 0.3 is 0 Å². The second kappa shape index (κ2) is 12.8. The molecule has 266 valence electrons. The summed E-state index contributed by atoms with van der Waals surface area (Å²) in [5.74, 6) is 1.97. The van der Waals surface area contributed by atoms with Crippen molar-refractivity contribution >= 4 is 85.0 Å². The maximum Gasteiger partial charge on any atom is 0.165 e. The molecule has 57 heavy (non-hydrogen) atoms. The maximum atomic E-state index is 6.71. The van der Waals surface area contributed by atoms with Gasteiger partial charge in [0.2, 0.25) is 0 Å². The van der Waals surface area contributed by atoms with Crippen LogP contribution in [0.4, 0.5) is 0 Å². The van der Waals surface area contributed by atoms with Gasteiger partial charge in [-0.1, -0.05) is 127 Å². The van der Waals surface area contributed by atoms with Crippen LogP contribution >= 0.6 is 22.7 Å². The van der Waals surface area contributed by atoms with Crippen molar-refractivity contribution < 1.29 is 4.42 Å². The Morgan fingerprint density at radius 1 is 0.351 bits per heavy atom. The van der Waals surface area contributed by atoms with Crippen LogP contribution in [0.1, 0.15) is 0 Å². The summed E-state index contributed by atoms with van der Waals surface area (Å²) >= 11 is 3.63. The average Bonchev–Trinajstić information content (AvgIpc) is 3.98. The van der Waals surface area contributed by atoms with E-state index in [2.05, 4.69) is 109 Å². The van der Waals surface area contributed by atoms with Gasteiger partial charge in [0.05, 0.1) is 0 Å². The summed E-state index contributed by atoms with van der Waals surface area (Å²) < 4.78 is 11.6. The van der Waals surface area contributed by atoms with Gasteiger partial charge in [0.1, 0.15) is 11.2 Å². The fourth-order valence-electron chi connectivity index (χ4n) is 8.28. The molecule has 0 radical (unpaired) electrons. The molecule has 0 bridgehead atoms. The van der Waals surface area contributed by atoms with Crippen LogP contribution in [-0.4, -0.2) is 15.0 Å². The van der Waals surface area contributed by atoms with Gasteiger partial charge in [-0.05, 0) is 65.2 Å². The van der Waals surface area contributed by atoms with Gasteiger partial charge < -0.3 is 4.42 Å². The third-order valence-electron chi connectivity index (χ3n) is 10.9. The number of nitrogens with zero attached hydrogens (tertiary/aromatic N) is 3. The molecule has 0 atom stereocenters. The first-order valence-electron chi connectivity index (χ1n) is 18.9. The lowest BCUT2D eigenvalue weighted by atomic mass is 9.93. The van der Waals surface area contributed by atoms with Crippen molar-refractivity contribution in [2.45, 2.75) is 0 Å².